The van der Waals surface area contributed by atoms with E-state index in [2.05, 4.69) is 23.1 Å². The molecule has 0 aliphatic carbocycles. The van der Waals surface area contributed by atoms with Crippen LogP contribution in [0, 0.1) is 5.92 Å². The third-order valence-corrected chi connectivity index (χ3v) is 7.73. The maximum Gasteiger partial charge on any atom is 0.310 e. The molecule has 2 atom stereocenters. The van der Waals surface area contributed by atoms with Gasteiger partial charge in [0.2, 0.25) is 0 Å². The largest absolute Gasteiger partial charge is 0.466 e. The summed E-state index contributed by atoms with van der Waals surface area (Å²) in [6.07, 6.45) is 2.58. The fraction of sp³-hybridized carbons (Fsp3) is 0.458. The SMILES string of the molecule is CCOC(=O)C1CCCN(CCO[C@@H]2Cc3cc(Cl)cc(Cl)c3Sc3ccccc32)C1. The lowest BCUT2D eigenvalue weighted by atomic mass is 9.98. The van der Waals surface area contributed by atoms with Gasteiger partial charge in [0, 0.05) is 34.3 Å². The van der Waals surface area contributed by atoms with Crippen molar-refractivity contribution in [2.45, 2.75) is 42.1 Å². The van der Waals surface area contributed by atoms with Gasteiger partial charge < -0.3 is 14.4 Å². The predicted octanol–water partition coefficient (Wildman–Crippen LogP) is 6.03. The monoisotopic (exact) mass is 479 g/mol. The summed E-state index contributed by atoms with van der Waals surface area (Å²) in [6, 6.07) is 12.1. The molecule has 1 saturated heterocycles. The van der Waals surface area contributed by atoms with Gasteiger partial charge in [-0.1, -0.05) is 53.2 Å². The van der Waals surface area contributed by atoms with E-state index in [-0.39, 0.29) is 18.0 Å². The zero-order valence-electron chi connectivity index (χ0n) is 17.6. The van der Waals surface area contributed by atoms with Gasteiger partial charge in [-0.2, -0.15) is 0 Å². The molecule has 2 aliphatic heterocycles. The van der Waals surface area contributed by atoms with Crippen LogP contribution >= 0.6 is 35.0 Å². The molecule has 31 heavy (non-hydrogen) atoms. The molecule has 7 heteroatoms. The van der Waals surface area contributed by atoms with Crippen molar-refractivity contribution in [3.8, 4) is 0 Å². The van der Waals surface area contributed by atoms with Crippen LogP contribution in [0.2, 0.25) is 10.0 Å². The summed E-state index contributed by atoms with van der Waals surface area (Å²) in [5, 5.41) is 1.33. The number of carbonyl (C=O) groups excluding carboxylic acids is 1. The minimum Gasteiger partial charge on any atom is -0.466 e. The quantitative estimate of drug-likeness (QED) is 0.472. The molecular formula is C24H27Cl2NO3S. The van der Waals surface area contributed by atoms with Crippen LogP contribution < -0.4 is 0 Å². The van der Waals surface area contributed by atoms with Gasteiger partial charge in [0.15, 0.2) is 0 Å². The normalized spacial score (nSPS) is 21.1. The Hall–Kier alpha value is -1.24. The fourth-order valence-electron chi connectivity index (χ4n) is 4.32. The van der Waals surface area contributed by atoms with E-state index in [4.69, 9.17) is 32.7 Å². The van der Waals surface area contributed by atoms with E-state index in [1.165, 1.54) is 5.56 Å². The average molecular weight is 480 g/mol. The molecule has 2 aromatic carbocycles. The Balaban J connectivity index is 1.43. The Morgan fingerprint density at radius 3 is 2.94 bits per heavy atom. The van der Waals surface area contributed by atoms with Crippen molar-refractivity contribution in [2.24, 2.45) is 5.92 Å². The van der Waals surface area contributed by atoms with Crippen LogP contribution in [0.25, 0.3) is 0 Å². The molecule has 0 N–H and O–H groups in total. The van der Waals surface area contributed by atoms with Gasteiger partial charge in [-0.15, -0.1) is 0 Å². The summed E-state index contributed by atoms with van der Waals surface area (Å²) in [5.74, 6) is -0.104. The van der Waals surface area contributed by atoms with Gasteiger partial charge in [-0.3, -0.25) is 4.79 Å². The molecule has 4 nitrogen and oxygen atoms in total. The molecule has 1 fully saturated rings. The van der Waals surface area contributed by atoms with E-state index in [9.17, 15) is 4.79 Å². The zero-order valence-corrected chi connectivity index (χ0v) is 19.9. The topological polar surface area (TPSA) is 38.8 Å². The number of esters is 1. The van der Waals surface area contributed by atoms with Gasteiger partial charge in [0.25, 0.3) is 0 Å². The summed E-state index contributed by atoms with van der Waals surface area (Å²) < 4.78 is 11.6. The lowest BCUT2D eigenvalue weighted by Crippen LogP contribution is -2.41. The number of halogens is 2. The van der Waals surface area contributed by atoms with Crippen LogP contribution in [-0.2, 0) is 20.7 Å². The van der Waals surface area contributed by atoms with E-state index in [0.717, 1.165) is 54.3 Å². The summed E-state index contributed by atoms with van der Waals surface area (Å²) in [5.41, 5.74) is 2.29. The van der Waals surface area contributed by atoms with E-state index in [0.29, 0.717) is 23.3 Å². The number of piperidine rings is 1. The highest BCUT2D eigenvalue weighted by Crippen LogP contribution is 2.45. The predicted molar refractivity (Wildman–Crippen MR) is 125 cm³/mol. The van der Waals surface area contributed by atoms with Crippen LogP contribution in [0.4, 0.5) is 0 Å². The second kappa shape index (κ2) is 10.6. The summed E-state index contributed by atoms with van der Waals surface area (Å²) >= 11 is 14.5. The van der Waals surface area contributed by atoms with Crippen molar-refractivity contribution in [3.63, 3.8) is 0 Å². The maximum absolute atomic E-state index is 12.1. The number of hydrogen-bond acceptors (Lipinski definition) is 5. The molecule has 0 amide bonds. The lowest BCUT2D eigenvalue weighted by Gasteiger charge is -2.31. The molecule has 4 rings (SSSR count). The summed E-state index contributed by atoms with van der Waals surface area (Å²) in [7, 11) is 0. The molecule has 2 aromatic rings. The second-order valence-corrected chi connectivity index (χ2v) is 9.87. The van der Waals surface area contributed by atoms with Crippen molar-refractivity contribution < 1.29 is 14.3 Å². The molecule has 0 radical (unpaired) electrons. The van der Waals surface area contributed by atoms with E-state index in [1.807, 2.05) is 19.1 Å². The fourth-order valence-corrected chi connectivity index (χ4v) is 6.09. The van der Waals surface area contributed by atoms with E-state index >= 15 is 0 Å². The Kier molecular flexibility index (Phi) is 7.83. The number of fused-ring (bicyclic) bond motifs is 2. The first-order valence-electron chi connectivity index (χ1n) is 10.8. The Labute approximate surface area is 198 Å². The van der Waals surface area contributed by atoms with Gasteiger partial charge >= 0.3 is 5.97 Å². The standard InChI is InChI=1S/C24H27Cl2NO3S/c1-2-29-24(28)16-6-5-9-27(15-16)10-11-30-21-13-17-12-18(25)14-20(26)23(17)31-22-8-4-3-7-19(21)22/h3-4,7-8,12,14,16,21H,2,5-6,9-11,13,15H2,1H3/t16?,21-/m1/s1. The Bertz CT molecular complexity index is 939. The number of hydrogen-bond donors (Lipinski definition) is 0. The van der Waals surface area contributed by atoms with Crippen molar-refractivity contribution in [3.05, 3.63) is 57.6 Å². The molecule has 2 heterocycles. The third kappa shape index (κ3) is 5.58. The second-order valence-electron chi connectivity index (χ2n) is 7.97. The molecule has 2 aliphatic rings. The van der Waals surface area contributed by atoms with Crippen LogP contribution in [0.3, 0.4) is 0 Å². The minimum atomic E-state index is -0.0757. The first-order valence-corrected chi connectivity index (χ1v) is 12.4. The van der Waals surface area contributed by atoms with Crippen LogP contribution in [0.15, 0.2) is 46.2 Å². The number of carbonyl (C=O) groups is 1. The van der Waals surface area contributed by atoms with E-state index in [1.54, 1.807) is 17.8 Å². The number of likely N-dealkylation sites (tertiary alicyclic amines) is 1. The third-order valence-electron chi connectivity index (χ3n) is 5.82. The first-order chi connectivity index (χ1) is 15.0. The minimum absolute atomic E-state index is 0.0279. The zero-order chi connectivity index (χ0) is 21.8. The van der Waals surface area contributed by atoms with Crippen LogP contribution in [-0.4, -0.2) is 43.7 Å². The van der Waals surface area contributed by atoms with Crippen molar-refractivity contribution in [2.75, 3.05) is 32.8 Å². The van der Waals surface area contributed by atoms with Crippen molar-refractivity contribution in [1.82, 2.24) is 4.90 Å². The maximum atomic E-state index is 12.1. The molecular weight excluding hydrogens is 453 g/mol. The van der Waals surface area contributed by atoms with Gasteiger partial charge in [0.1, 0.15) is 0 Å². The number of nitrogens with zero attached hydrogens (tertiary/aromatic N) is 1. The Morgan fingerprint density at radius 1 is 1.26 bits per heavy atom. The highest BCUT2D eigenvalue weighted by molar-refractivity contribution is 7.99. The number of rotatable bonds is 6. The first kappa shape index (κ1) is 22.9. The van der Waals surface area contributed by atoms with Crippen LogP contribution in [0.1, 0.15) is 37.0 Å². The van der Waals surface area contributed by atoms with Gasteiger partial charge in [-0.25, -0.2) is 0 Å². The summed E-state index contributed by atoms with van der Waals surface area (Å²) in [4.78, 5) is 16.6. The van der Waals surface area contributed by atoms with Crippen LogP contribution in [0.5, 0.6) is 0 Å². The highest BCUT2D eigenvalue weighted by atomic mass is 35.5. The average Bonchev–Trinajstić information content (AvgIpc) is 2.91. The van der Waals surface area contributed by atoms with Crippen molar-refractivity contribution >= 4 is 40.9 Å². The molecule has 0 aromatic heterocycles. The molecule has 0 bridgehead atoms. The van der Waals surface area contributed by atoms with E-state index < -0.39 is 0 Å². The highest BCUT2D eigenvalue weighted by Gasteiger charge is 2.28. The molecule has 166 valence electrons. The molecule has 0 spiro atoms. The number of ether oxygens (including phenoxy) is 2. The van der Waals surface area contributed by atoms with Gasteiger partial charge in [-0.05, 0) is 55.6 Å². The van der Waals surface area contributed by atoms with Crippen molar-refractivity contribution in [1.29, 1.82) is 0 Å². The number of benzene rings is 2. The summed E-state index contributed by atoms with van der Waals surface area (Å²) in [6.45, 7) is 5.42. The van der Waals surface area contributed by atoms with Gasteiger partial charge in [0.05, 0.1) is 30.3 Å². The molecule has 0 saturated carbocycles. The Morgan fingerprint density at radius 2 is 2.10 bits per heavy atom. The molecule has 1 unspecified atom stereocenters. The smallest absolute Gasteiger partial charge is 0.310 e. The lowest BCUT2D eigenvalue weighted by molar-refractivity contribution is -0.150.